The van der Waals surface area contributed by atoms with Crippen molar-refractivity contribution in [3.05, 3.63) is 42.1 Å². The molecule has 0 spiro atoms. The predicted octanol–water partition coefficient (Wildman–Crippen LogP) is 2.76. The van der Waals surface area contributed by atoms with Crippen LogP contribution in [0.5, 0.6) is 0 Å². The smallest absolute Gasteiger partial charge is 0.130 e. The van der Waals surface area contributed by atoms with E-state index >= 15 is 0 Å². The van der Waals surface area contributed by atoms with Crippen LogP contribution in [0.3, 0.4) is 0 Å². The minimum absolute atomic E-state index is 0.225. The number of nitrogens with zero attached hydrogens (tertiary/aromatic N) is 1. The van der Waals surface area contributed by atoms with Crippen LogP contribution >= 0.6 is 0 Å². The van der Waals surface area contributed by atoms with Crippen LogP contribution in [0.4, 0.5) is 0 Å². The monoisotopic (exact) mass is 199 g/mol. The molecule has 1 aromatic carbocycles. The lowest BCUT2D eigenvalue weighted by molar-refractivity contribution is -0.116. The first-order valence-electron chi connectivity index (χ1n) is 5.09. The van der Waals surface area contributed by atoms with E-state index in [-0.39, 0.29) is 5.78 Å². The zero-order valence-corrected chi connectivity index (χ0v) is 8.73. The molecule has 15 heavy (non-hydrogen) atoms. The summed E-state index contributed by atoms with van der Waals surface area (Å²) >= 11 is 0. The third-order valence-electron chi connectivity index (χ3n) is 2.41. The fourth-order valence-corrected chi connectivity index (χ4v) is 1.57. The quantitative estimate of drug-likeness (QED) is 0.760. The molecule has 0 aliphatic rings. The van der Waals surface area contributed by atoms with Gasteiger partial charge in [-0.15, -0.1) is 0 Å². The van der Waals surface area contributed by atoms with Crippen LogP contribution in [0.1, 0.15) is 18.9 Å². The molecule has 2 heteroatoms. The van der Waals surface area contributed by atoms with Crippen LogP contribution in [0.15, 0.2) is 36.5 Å². The average molecular weight is 199 g/mol. The van der Waals surface area contributed by atoms with Crippen LogP contribution in [0, 0.1) is 0 Å². The van der Waals surface area contributed by atoms with Crippen LogP contribution in [-0.4, -0.2) is 10.8 Å². The molecule has 0 N–H and O–H groups in total. The van der Waals surface area contributed by atoms with Gasteiger partial charge in [0.25, 0.3) is 0 Å². The van der Waals surface area contributed by atoms with Gasteiger partial charge >= 0.3 is 0 Å². The maximum Gasteiger partial charge on any atom is 0.130 e. The lowest BCUT2D eigenvalue weighted by Gasteiger charge is -2.01. The molecule has 0 atom stereocenters. The molecule has 0 amide bonds. The second-order valence-electron chi connectivity index (χ2n) is 3.74. The molecular weight excluding hydrogens is 186 g/mol. The summed E-state index contributed by atoms with van der Waals surface area (Å²) in [5.74, 6) is 0.225. The van der Waals surface area contributed by atoms with Crippen molar-refractivity contribution >= 4 is 16.7 Å². The van der Waals surface area contributed by atoms with Crippen LogP contribution in [0.2, 0.25) is 0 Å². The molecule has 0 saturated carbocycles. The maximum atomic E-state index is 10.9. The first-order chi connectivity index (χ1) is 7.25. The summed E-state index contributed by atoms with van der Waals surface area (Å²) in [5, 5.41) is 1.14. The summed E-state index contributed by atoms with van der Waals surface area (Å²) in [5.41, 5.74) is 2.13. The van der Waals surface area contributed by atoms with Gasteiger partial charge in [-0.2, -0.15) is 0 Å². The number of ketones is 1. The van der Waals surface area contributed by atoms with E-state index in [0.717, 1.165) is 22.9 Å². The van der Waals surface area contributed by atoms with Gasteiger partial charge in [0.05, 0.1) is 5.52 Å². The average Bonchev–Trinajstić information content (AvgIpc) is 2.26. The Bertz CT molecular complexity index is 491. The number of rotatable bonds is 3. The molecule has 2 aromatic rings. The summed E-state index contributed by atoms with van der Waals surface area (Å²) in [4.78, 5) is 15.2. The third-order valence-corrected chi connectivity index (χ3v) is 2.41. The number of benzene rings is 1. The normalized spacial score (nSPS) is 10.5. The highest BCUT2D eigenvalue weighted by atomic mass is 16.1. The van der Waals surface area contributed by atoms with Gasteiger partial charge in [0.1, 0.15) is 5.78 Å². The number of Topliss-reactive ketones (excluding diaryl/α,β-unsaturated/α-hetero) is 1. The summed E-state index contributed by atoms with van der Waals surface area (Å²) in [7, 11) is 0. The molecule has 0 bridgehead atoms. The largest absolute Gasteiger partial charge is 0.300 e. The van der Waals surface area contributed by atoms with Crippen molar-refractivity contribution in [1.29, 1.82) is 0 Å². The highest BCUT2D eigenvalue weighted by molar-refractivity contribution is 5.79. The zero-order chi connectivity index (χ0) is 10.7. The maximum absolute atomic E-state index is 10.9. The molecule has 1 aromatic heterocycles. The third kappa shape index (κ3) is 2.40. The summed E-state index contributed by atoms with van der Waals surface area (Å²) in [6, 6.07) is 10.1. The van der Waals surface area contributed by atoms with E-state index in [9.17, 15) is 4.79 Å². The Balaban J connectivity index is 2.26. The minimum Gasteiger partial charge on any atom is -0.300 e. The molecule has 1 heterocycles. The second-order valence-corrected chi connectivity index (χ2v) is 3.74. The Morgan fingerprint density at radius 3 is 2.93 bits per heavy atom. The number of hydrogen-bond acceptors (Lipinski definition) is 2. The van der Waals surface area contributed by atoms with Gasteiger partial charge in [0.15, 0.2) is 0 Å². The summed E-state index contributed by atoms with van der Waals surface area (Å²) in [6.45, 7) is 1.62. The van der Waals surface area contributed by atoms with Crippen molar-refractivity contribution in [3.63, 3.8) is 0 Å². The summed E-state index contributed by atoms with van der Waals surface area (Å²) < 4.78 is 0. The van der Waals surface area contributed by atoms with Crippen molar-refractivity contribution in [2.75, 3.05) is 0 Å². The van der Waals surface area contributed by atoms with Crippen LogP contribution in [-0.2, 0) is 11.2 Å². The molecule has 0 saturated heterocycles. The topological polar surface area (TPSA) is 30.0 Å². The Labute approximate surface area is 89.0 Å². The van der Waals surface area contributed by atoms with Gasteiger partial charge in [-0.1, -0.05) is 18.2 Å². The zero-order valence-electron chi connectivity index (χ0n) is 8.73. The molecule has 0 aliphatic heterocycles. The van der Waals surface area contributed by atoms with Crippen molar-refractivity contribution in [3.8, 4) is 0 Å². The number of fused-ring (bicyclic) bond motifs is 1. The molecule has 2 rings (SSSR count). The number of hydrogen-bond donors (Lipinski definition) is 0. The summed E-state index contributed by atoms with van der Waals surface area (Å²) in [6.07, 6.45) is 3.23. The van der Waals surface area contributed by atoms with Crippen molar-refractivity contribution in [2.45, 2.75) is 19.8 Å². The number of para-hydroxylation sites is 1. The lowest BCUT2D eigenvalue weighted by Crippen LogP contribution is -1.94. The second kappa shape index (κ2) is 4.22. The van der Waals surface area contributed by atoms with E-state index < -0.39 is 0 Å². The van der Waals surface area contributed by atoms with Crippen LogP contribution < -0.4 is 0 Å². The first kappa shape index (κ1) is 9.84. The number of carbonyl (C=O) groups excluding carboxylic acids is 1. The molecule has 0 aliphatic carbocycles. The molecule has 0 fully saturated rings. The SMILES string of the molecule is CC(=O)CCc1cnc2ccccc2c1. The van der Waals surface area contributed by atoms with Gasteiger partial charge in [0.2, 0.25) is 0 Å². The van der Waals surface area contributed by atoms with Crippen LogP contribution in [0.25, 0.3) is 10.9 Å². The van der Waals surface area contributed by atoms with E-state index in [1.165, 1.54) is 0 Å². The number of carbonyl (C=O) groups is 1. The van der Waals surface area contributed by atoms with E-state index in [2.05, 4.69) is 11.1 Å². The molecule has 0 unspecified atom stereocenters. The Morgan fingerprint density at radius 1 is 1.33 bits per heavy atom. The number of pyridine rings is 1. The molecule has 76 valence electrons. The standard InChI is InChI=1S/C13H13NO/c1-10(15)6-7-11-8-12-4-2-3-5-13(12)14-9-11/h2-5,8-9H,6-7H2,1H3. The fraction of sp³-hybridized carbons (Fsp3) is 0.231. The fourth-order valence-electron chi connectivity index (χ4n) is 1.57. The van der Waals surface area contributed by atoms with Gasteiger partial charge < -0.3 is 4.79 Å². The minimum atomic E-state index is 0.225. The highest BCUT2D eigenvalue weighted by Crippen LogP contribution is 2.13. The number of aromatic nitrogens is 1. The molecule has 0 radical (unpaired) electrons. The van der Waals surface area contributed by atoms with E-state index in [0.29, 0.717) is 6.42 Å². The van der Waals surface area contributed by atoms with Crippen molar-refractivity contribution < 1.29 is 4.79 Å². The Kier molecular flexibility index (Phi) is 2.77. The van der Waals surface area contributed by atoms with Gasteiger partial charge in [-0.05, 0) is 31.0 Å². The number of aryl methyl sites for hydroxylation is 1. The first-order valence-corrected chi connectivity index (χ1v) is 5.09. The van der Waals surface area contributed by atoms with E-state index in [1.54, 1.807) is 6.92 Å². The Hall–Kier alpha value is -1.70. The molecular formula is C13H13NO. The predicted molar refractivity (Wildman–Crippen MR) is 60.7 cm³/mol. The molecule has 2 nitrogen and oxygen atoms in total. The van der Waals surface area contributed by atoms with Crippen molar-refractivity contribution in [2.24, 2.45) is 0 Å². The van der Waals surface area contributed by atoms with E-state index in [1.807, 2.05) is 30.5 Å². The van der Waals surface area contributed by atoms with E-state index in [4.69, 9.17) is 0 Å². The van der Waals surface area contributed by atoms with Crippen molar-refractivity contribution in [1.82, 2.24) is 4.98 Å². The Morgan fingerprint density at radius 2 is 2.13 bits per heavy atom. The van der Waals surface area contributed by atoms with Gasteiger partial charge in [-0.25, -0.2) is 0 Å². The highest BCUT2D eigenvalue weighted by Gasteiger charge is 1.99. The van der Waals surface area contributed by atoms with Gasteiger partial charge in [0, 0.05) is 18.0 Å². The van der Waals surface area contributed by atoms with Gasteiger partial charge in [-0.3, -0.25) is 4.98 Å². The lowest BCUT2D eigenvalue weighted by atomic mass is 10.1.